The Morgan fingerprint density at radius 2 is 1.85 bits per heavy atom. The number of halogens is 1. The van der Waals surface area contributed by atoms with Crippen molar-refractivity contribution in [1.29, 1.82) is 0 Å². The zero-order valence-corrected chi connectivity index (χ0v) is 28.0. The first kappa shape index (κ1) is 31.9. The topological polar surface area (TPSA) is 122 Å². The number of benzene rings is 4. The Morgan fingerprint density at radius 1 is 1.09 bits per heavy atom. The van der Waals surface area contributed by atoms with E-state index in [4.69, 9.17) is 14.2 Å². The van der Waals surface area contributed by atoms with Crippen LogP contribution in [-0.2, 0) is 16.1 Å². The molecule has 6 rings (SSSR count). The van der Waals surface area contributed by atoms with Crippen molar-refractivity contribution < 1.29 is 23.9 Å². The summed E-state index contributed by atoms with van der Waals surface area (Å²) in [5, 5.41) is 13.8. The lowest BCUT2D eigenvalue weighted by Crippen LogP contribution is -2.40. The third kappa shape index (κ3) is 6.21. The highest BCUT2D eigenvalue weighted by Gasteiger charge is 2.34. The van der Waals surface area contributed by atoms with E-state index in [1.165, 1.54) is 22.8 Å². The minimum absolute atomic E-state index is 0.110. The summed E-state index contributed by atoms with van der Waals surface area (Å²) in [7, 11) is 1.55. The predicted molar refractivity (Wildman–Crippen MR) is 182 cm³/mol. The van der Waals surface area contributed by atoms with E-state index >= 15 is 0 Å². The van der Waals surface area contributed by atoms with Crippen LogP contribution in [0.25, 0.3) is 16.8 Å². The zero-order valence-electron chi connectivity index (χ0n) is 25.6. The van der Waals surface area contributed by atoms with E-state index in [0.717, 1.165) is 27.7 Å². The molecule has 12 heteroatoms. The van der Waals surface area contributed by atoms with Crippen LogP contribution >= 0.6 is 27.3 Å². The average Bonchev–Trinajstić information content (AvgIpc) is 3.37. The van der Waals surface area contributed by atoms with Crippen LogP contribution in [0.2, 0.25) is 0 Å². The summed E-state index contributed by atoms with van der Waals surface area (Å²) < 4.78 is 19.6. The average molecular weight is 715 g/mol. The molecule has 0 N–H and O–H groups in total. The maximum Gasteiger partial charge on any atom is 0.338 e. The van der Waals surface area contributed by atoms with Crippen LogP contribution in [0.4, 0.5) is 5.69 Å². The Hall–Kier alpha value is -5.07. The van der Waals surface area contributed by atoms with Crippen molar-refractivity contribution in [3.8, 4) is 11.5 Å². The molecule has 1 aliphatic rings. The Morgan fingerprint density at radius 3 is 2.62 bits per heavy atom. The SMILES string of the molecule is CCOC(=O)C1=C(C)N=c2s/c(=C/c3cc(OC)c(OCc4cccc5ccccc45)cc3Br)c(=O)n2[C@H]1c1cccc([N+](=O)[O-])c1. The third-order valence-electron chi connectivity index (χ3n) is 7.75. The van der Waals surface area contributed by atoms with Crippen molar-refractivity contribution in [3.05, 3.63) is 141 Å². The highest BCUT2D eigenvalue weighted by atomic mass is 79.9. The number of aromatic nitrogens is 1. The summed E-state index contributed by atoms with van der Waals surface area (Å²) in [5.74, 6) is 0.347. The molecule has 0 bridgehead atoms. The molecule has 0 radical (unpaired) electrons. The van der Waals surface area contributed by atoms with Crippen LogP contribution in [0.5, 0.6) is 11.5 Å². The van der Waals surface area contributed by atoms with Gasteiger partial charge in [-0.05, 0) is 59.5 Å². The van der Waals surface area contributed by atoms with Gasteiger partial charge in [0.05, 0.1) is 40.5 Å². The van der Waals surface area contributed by atoms with Crippen LogP contribution in [0.1, 0.15) is 36.6 Å². The maximum atomic E-state index is 14.1. The van der Waals surface area contributed by atoms with E-state index in [9.17, 15) is 19.7 Å². The molecule has 0 spiro atoms. The van der Waals surface area contributed by atoms with Gasteiger partial charge in [0.2, 0.25) is 0 Å². The number of thiazole rings is 1. The number of nitro benzene ring substituents is 1. The lowest BCUT2D eigenvalue weighted by atomic mass is 9.95. The second-order valence-electron chi connectivity index (χ2n) is 10.6. The van der Waals surface area contributed by atoms with E-state index in [0.29, 0.717) is 48.7 Å². The number of carbonyl (C=O) groups excluding carboxylic acids is 1. The molecular formula is C35H28BrN3O7S. The maximum absolute atomic E-state index is 14.1. The summed E-state index contributed by atoms with van der Waals surface area (Å²) in [4.78, 5) is 43.2. The Balaban J connectivity index is 1.41. The summed E-state index contributed by atoms with van der Waals surface area (Å²) in [6.07, 6.45) is 1.71. The number of rotatable bonds is 9. The van der Waals surface area contributed by atoms with Crippen molar-refractivity contribution in [3.63, 3.8) is 0 Å². The van der Waals surface area contributed by atoms with Gasteiger partial charge in [-0.25, -0.2) is 9.79 Å². The molecule has 47 heavy (non-hydrogen) atoms. The van der Waals surface area contributed by atoms with Crippen molar-refractivity contribution >= 4 is 55.8 Å². The fraction of sp³-hybridized carbons (Fsp3) is 0.171. The van der Waals surface area contributed by atoms with Crippen molar-refractivity contribution in [1.82, 2.24) is 4.57 Å². The van der Waals surface area contributed by atoms with E-state index in [1.807, 2.05) is 24.3 Å². The molecule has 0 amide bonds. The monoisotopic (exact) mass is 713 g/mol. The molecule has 0 saturated heterocycles. The van der Waals surface area contributed by atoms with E-state index in [-0.39, 0.29) is 17.9 Å². The molecule has 0 aliphatic carbocycles. The minimum Gasteiger partial charge on any atom is -0.493 e. The molecule has 0 unspecified atom stereocenters. The van der Waals surface area contributed by atoms with Gasteiger partial charge in [-0.2, -0.15) is 0 Å². The number of non-ortho nitro benzene ring substituents is 1. The first-order valence-corrected chi connectivity index (χ1v) is 16.2. The van der Waals surface area contributed by atoms with Crippen LogP contribution < -0.4 is 24.4 Å². The molecule has 10 nitrogen and oxygen atoms in total. The number of esters is 1. The quantitative estimate of drug-likeness (QED) is 0.101. The largest absolute Gasteiger partial charge is 0.493 e. The van der Waals surface area contributed by atoms with Gasteiger partial charge in [0, 0.05) is 16.6 Å². The Kier molecular flexibility index (Phi) is 9.06. The number of carbonyl (C=O) groups is 1. The standard InChI is InChI=1S/C35H28BrN3O7S/c1-4-45-34(41)31-20(2)37-35-38(32(31)22-11-8-13-25(15-22)39(42)43)33(40)30(47-35)17-24-16-28(44-3)29(18-27(24)36)46-19-23-12-7-10-21-9-5-6-14-26(21)23/h5-18,32H,4,19H2,1-3H3/b30-17+/t32-/m0/s1. The number of methoxy groups -OCH3 is 1. The lowest BCUT2D eigenvalue weighted by Gasteiger charge is -2.24. The number of allylic oxidation sites excluding steroid dienone is 1. The van der Waals surface area contributed by atoms with E-state index in [1.54, 1.807) is 45.2 Å². The Labute approximate surface area is 281 Å². The van der Waals surface area contributed by atoms with E-state index in [2.05, 4.69) is 39.1 Å². The van der Waals surface area contributed by atoms with Gasteiger partial charge in [-0.1, -0.05) is 81.9 Å². The number of hydrogen-bond acceptors (Lipinski definition) is 9. The van der Waals surface area contributed by atoms with Gasteiger partial charge >= 0.3 is 5.97 Å². The molecule has 238 valence electrons. The first-order valence-electron chi connectivity index (χ1n) is 14.6. The minimum atomic E-state index is -0.977. The predicted octanol–water partition coefficient (Wildman–Crippen LogP) is 6.21. The Bertz CT molecular complexity index is 2270. The molecule has 4 aromatic carbocycles. The third-order valence-corrected chi connectivity index (χ3v) is 9.42. The fourth-order valence-corrected chi connectivity index (χ4v) is 7.04. The van der Waals surface area contributed by atoms with E-state index < -0.39 is 22.5 Å². The number of ether oxygens (including phenoxy) is 3. The normalized spacial score (nSPS) is 14.5. The van der Waals surface area contributed by atoms with Crippen LogP contribution in [0.15, 0.2) is 104 Å². The van der Waals surface area contributed by atoms with Gasteiger partial charge in [-0.3, -0.25) is 19.5 Å². The molecule has 1 atom stereocenters. The summed E-state index contributed by atoms with van der Waals surface area (Å²) >= 11 is 4.77. The summed E-state index contributed by atoms with van der Waals surface area (Å²) in [6, 6.07) is 22.6. The fourth-order valence-electron chi connectivity index (χ4n) is 5.56. The summed E-state index contributed by atoms with van der Waals surface area (Å²) in [6.45, 7) is 3.77. The number of nitrogens with zero attached hydrogens (tertiary/aromatic N) is 3. The highest BCUT2D eigenvalue weighted by molar-refractivity contribution is 9.10. The van der Waals surface area contributed by atoms with Crippen LogP contribution in [-0.4, -0.2) is 29.2 Å². The van der Waals surface area contributed by atoms with Gasteiger partial charge in [0.1, 0.15) is 6.61 Å². The van der Waals surface area contributed by atoms with Crippen molar-refractivity contribution in [2.24, 2.45) is 4.99 Å². The molecular weight excluding hydrogens is 686 g/mol. The van der Waals surface area contributed by atoms with Gasteiger partial charge < -0.3 is 14.2 Å². The molecule has 1 aliphatic heterocycles. The molecule has 1 aromatic heterocycles. The smallest absolute Gasteiger partial charge is 0.338 e. The van der Waals surface area contributed by atoms with Crippen molar-refractivity contribution in [2.75, 3.05) is 13.7 Å². The molecule has 5 aromatic rings. The number of nitro groups is 1. The van der Waals surface area contributed by atoms with Crippen molar-refractivity contribution in [2.45, 2.75) is 26.5 Å². The summed E-state index contributed by atoms with van der Waals surface area (Å²) in [5.41, 5.74) is 1.99. The lowest BCUT2D eigenvalue weighted by molar-refractivity contribution is -0.384. The highest BCUT2D eigenvalue weighted by Crippen LogP contribution is 2.36. The zero-order chi connectivity index (χ0) is 33.2. The van der Waals surface area contributed by atoms with Gasteiger partial charge in [-0.15, -0.1) is 0 Å². The van der Waals surface area contributed by atoms with Gasteiger partial charge in [0.15, 0.2) is 16.3 Å². The molecule has 0 fully saturated rings. The molecule has 0 saturated carbocycles. The first-order chi connectivity index (χ1) is 22.7. The second-order valence-corrected chi connectivity index (χ2v) is 12.5. The molecule has 2 heterocycles. The van der Waals surface area contributed by atoms with Crippen LogP contribution in [0, 0.1) is 10.1 Å². The number of hydrogen-bond donors (Lipinski definition) is 0. The van der Waals surface area contributed by atoms with Crippen LogP contribution in [0.3, 0.4) is 0 Å². The number of fused-ring (bicyclic) bond motifs is 2. The van der Waals surface area contributed by atoms with Gasteiger partial charge in [0.25, 0.3) is 11.2 Å². The second kappa shape index (κ2) is 13.3.